The predicted octanol–water partition coefficient (Wildman–Crippen LogP) is 2.71. The Balaban J connectivity index is 2.72. The molecule has 20 heavy (non-hydrogen) atoms. The van der Waals surface area contributed by atoms with Gasteiger partial charge in [0.25, 0.3) is 0 Å². The minimum absolute atomic E-state index is 0.0822. The van der Waals surface area contributed by atoms with Crippen LogP contribution < -0.4 is 0 Å². The summed E-state index contributed by atoms with van der Waals surface area (Å²) < 4.78 is 14.7. The molecule has 0 spiro atoms. The van der Waals surface area contributed by atoms with Crippen molar-refractivity contribution in [2.75, 3.05) is 0 Å². The van der Waals surface area contributed by atoms with Crippen LogP contribution in [0.5, 0.6) is 0 Å². The van der Waals surface area contributed by atoms with Gasteiger partial charge in [-0.15, -0.1) is 5.10 Å². The first kappa shape index (κ1) is 14.2. The number of hydrogen-bond donors (Lipinski definition) is 1. The summed E-state index contributed by atoms with van der Waals surface area (Å²) >= 11 is 0. The average molecular weight is 277 g/mol. The van der Waals surface area contributed by atoms with Crippen LogP contribution in [0.4, 0.5) is 4.39 Å². The van der Waals surface area contributed by atoms with Crippen LogP contribution in [0.25, 0.3) is 5.69 Å². The van der Waals surface area contributed by atoms with E-state index in [0.29, 0.717) is 16.9 Å². The highest BCUT2D eigenvalue weighted by Gasteiger charge is 2.30. The van der Waals surface area contributed by atoms with Crippen molar-refractivity contribution in [3.05, 3.63) is 41.0 Å². The summed E-state index contributed by atoms with van der Waals surface area (Å²) in [4.78, 5) is 11.3. The van der Waals surface area contributed by atoms with Gasteiger partial charge >= 0.3 is 5.97 Å². The van der Waals surface area contributed by atoms with E-state index in [1.807, 2.05) is 20.8 Å². The summed E-state index contributed by atoms with van der Waals surface area (Å²) in [5, 5.41) is 16.9. The number of aromatic nitrogens is 3. The van der Waals surface area contributed by atoms with E-state index in [2.05, 4.69) is 10.3 Å². The molecule has 0 saturated heterocycles. The van der Waals surface area contributed by atoms with Crippen LogP contribution in [0, 0.1) is 12.7 Å². The zero-order chi connectivity index (χ0) is 15.1. The lowest BCUT2D eigenvalue weighted by Gasteiger charge is -2.21. The molecular formula is C14H16FN3O2. The zero-order valence-corrected chi connectivity index (χ0v) is 11.8. The second-order valence-electron chi connectivity index (χ2n) is 5.68. The molecule has 0 unspecified atom stereocenters. The molecule has 6 heteroatoms. The molecule has 0 atom stereocenters. The van der Waals surface area contributed by atoms with Crippen molar-refractivity contribution in [1.82, 2.24) is 15.0 Å². The number of carbonyl (C=O) groups is 1. The maximum absolute atomic E-state index is 13.2. The third-order valence-corrected chi connectivity index (χ3v) is 2.97. The molecule has 0 aliphatic carbocycles. The van der Waals surface area contributed by atoms with E-state index >= 15 is 0 Å². The third kappa shape index (κ3) is 2.41. The summed E-state index contributed by atoms with van der Waals surface area (Å²) in [5.41, 5.74) is 1.23. The molecule has 1 aromatic carbocycles. The quantitative estimate of drug-likeness (QED) is 0.916. The van der Waals surface area contributed by atoms with Gasteiger partial charge in [-0.2, -0.15) is 0 Å². The predicted molar refractivity (Wildman–Crippen MR) is 71.7 cm³/mol. The van der Waals surface area contributed by atoms with Crippen molar-refractivity contribution < 1.29 is 14.3 Å². The van der Waals surface area contributed by atoms with Gasteiger partial charge in [0, 0.05) is 5.41 Å². The first-order chi connectivity index (χ1) is 9.21. The molecule has 1 N–H and O–H groups in total. The smallest absolute Gasteiger partial charge is 0.358 e. The van der Waals surface area contributed by atoms with E-state index in [0.717, 1.165) is 0 Å². The van der Waals surface area contributed by atoms with Gasteiger partial charge in [-0.25, -0.2) is 13.9 Å². The van der Waals surface area contributed by atoms with E-state index in [-0.39, 0.29) is 11.5 Å². The number of halogens is 1. The minimum atomic E-state index is -1.12. The van der Waals surface area contributed by atoms with Gasteiger partial charge in [-0.1, -0.05) is 26.0 Å². The van der Waals surface area contributed by atoms with Crippen LogP contribution in [-0.2, 0) is 5.41 Å². The molecule has 2 rings (SSSR count). The molecule has 0 amide bonds. The third-order valence-electron chi connectivity index (χ3n) is 2.97. The molecule has 0 radical (unpaired) electrons. The normalized spacial score (nSPS) is 11.7. The summed E-state index contributed by atoms with van der Waals surface area (Å²) in [6.07, 6.45) is 0. The Morgan fingerprint density at radius 2 is 2.00 bits per heavy atom. The fourth-order valence-electron chi connectivity index (χ4n) is 2.12. The molecule has 5 nitrogen and oxygen atoms in total. The number of carboxylic acids is 1. The van der Waals surface area contributed by atoms with Crippen molar-refractivity contribution in [1.29, 1.82) is 0 Å². The van der Waals surface area contributed by atoms with Crippen LogP contribution in [0.3, 0.4) is 0 Å². The molecule has 0 bridgehead atoms. The topological polar surface area (TPSA) is 68.0 Å². The van der Waals surface area contributed by atoms with E-state index < -0.39 is 11.4 Å². The van der Waals surface area contributed by atoms with E-state index in [1.165, 1.54) is 16.8 Å². The molecule has 2 aromatic rings. The molecule has 0 saturated carbocycles. The average Bonchev–Trinajstić information content (AvgIpc) is 2.73. The number of aromatic carboxylic acids is 1. The fourth-order valence-corrected chi connectivity index (χ4v) is 2.12. The van der Waals surface area contributed by atoms with Crippen LogP contribution in [-0.4, -0.2) is 26.1 Å². The van der Waals surface area contributed by atoms with Gasteiger partial charge in [-0.05, 0) is 30.7 Å². The first-order valence-corrected chi connectivity index (χ1v) is 6.18. The highest BCUT2D eigenvalue weighted by atomic mass is 19.1. The Morgan fingerprint density at radius 1 is 1.35 bits per heavy atom. The maximum Gasteiger partial charge on any atom is 0.358 e. The van der Waals surface area contributed by atoms with Crippen molar-refractivity contribution in [3.8, 4) is 5.69 Å². The summed E-state index contributed by atoms with van der Waals surface area (Å²) in [6.45, 7) is 7.39. The van der Waals surface area contributed by atoms with Gasteiger partial charge < -0.3 is 5.11 Å². The fraction of sp³-hybridized carbons (Fsp3) is 0.357. The standard InChI is InChI=1S/C14H16FN3O2/c1-8-7-9(15)5-6-10(8)18-12(14(2,3)4)11(13(19)20)16-17-18/h5-7H,1-4H3,(H,19,20). The Labute approximate surface area is 116 Å². The van der Waals surface area contributed by atoms with Crippen molar-refractivity contribution >= 4 is 5.97 Å². The Bertz CT molecular complexity index is 672. The number of carboxylic acid groups (broad SMARTS) is 1. The van der Waals surface area contributed by atoms with Gasteiger partial charge in [-0.3, -0.25) is 0 Å². The molecule has 0 aliphatic rings. The lowest BCUT2D eigenvalue weighted by Crippen LogP contribution is -2.21. The van der Waals surface area contributed by atoms with Crippen LogP contribution in [0.1, 0.15) is 42.5 Å². The van der Waals surface area contributed by atoms with Gasteiger partial charge in [0.05, 0.1) is 11.4 Å². The molecule has 106 valence electrons. The van der Waals surface area contributed by atoms with Crippen molar-refractivity contribution in [2.24, 2.45) is 0 Å². The van der Waals surface area contributed by atoms with E-state index in [4.69, 9.17) is 0 Å². The van der Waals surface area contributed by atoms with Gasteiger partial charge in [0.15, 0.2) is 5.69 Å². The Hall–Kier alpha value is -2.24. The highest BCUT2D eigenvalue weighted by molar-refractivity contribution is 5.87. The lowest BCUT2D eigenvalue weighted by molar-refractivity contribution is 0.0687. The second-order valence-corrected chi connectivity index (χ2v) is 5.68. The number of nitrogens with zero attached hydrogens (tertiary/aromatic N) is 3. The van der Waals surface area contributed by atoms with E-state index in [1.54, 1.807) is 13.0 Å². The first-order valence-electron chi connectivity index (χ1n) is 6.18. The molecule has 1 heterocycles. The van der Waals surface area contributed by atoms with E-state index in [9.17, 15) is 14.3 Å². The molecular weight excluding hydrogens is 261 g/mol. The van der Waals surface area contributed by atoms with Gasteiger partial charge in [0.2, 0.25) is 0 Å². The molecule has 0 fully saturated rings. The summed E-state index contributed by atoms with van der Waals surface area (Å²) in [6, 6.07) is 4.26. The number of rotatable bonds is 2. The van der Waals surface area contributed by atoms with Crippen LogP contribution >= 0.6 is 0 Å². The summed E-state index contributed by atoms with van der Waals surface area (Å²) in [5.74, 6) is -1.47. The second kappa shape index (κ2) is 4.70. The monoisotopic (exact) mass is 277 g/mol. The van der Waals surface area contributed by atoms with Crippen molar-refractivity contribution in [3.63, 3.8) is 0 Å². The Morgan fingerprint density at radius 3 is 2.50 bits per heavy atom. The highest BCUT2D eigenvalue weighted by Crippen LogP contribution is 2.28. The minimum Gasteiger partial charge on any atom is -0.476 e. The maximum atomic E-state index is 13.2. The SMILES string of the molecule is Cc1cc(F)ccc1-n1nnc(C(=O)O)c1C(C)(C)C. The Kier molecular flexibility index (Phi) is 3.33. The number of hydrogen-bond acceptors (Lipinski definition) is 3. The van der Waals surface area contributed by atoms with Gasteiger partial charge in [0.1, 0.15) is 5.82 Å². The largest absolute Gasteiger partial charge is 0.476 e. The zero-order valence-electron chi connectivity index (χ0n) is 11.8. The molecule has 1 aromatic heterocycles. The van der Waals surface area contributed by atoms with Crippen molar-refractivity contribution in [2.45, 2.75) is 33.1 Å². The van der Waals surface area contributed by atoms with Crippen LogP contribution in [0.2, 0.25) is 0 Å². The number of aryl methyl sites for hydroxylation is 1. The molecule has 0 aliphatic heterocycles. The number of benzene rings is 1. The lowest BCUT2D eigenvalue weighted by atomic mass is 9.90. The van der Waals surface area contributed by atoms with Crippen LogP contribution in [0.15, 0.2) is 18.2 Å². The summed E-state index contributed by atoms with van der Waals surface area (Å²) in [7, 11) is 0.